The van der Waals surface area contributed by atoms with Gasteiger partial charge < -0.3 is 0 Å². The van der Waals surface area contributed by atoms with Gasteiger partial charge in [-0.05, 0) is 73.8 Å². The van der Waals surface area contributed by atoms with Gasteiger partial charge in [-0.25, -0.2) is 15.0 Å². The number of benzene rings is 8. The molecule has 0 N–H and O–H groups in total. The molecule has 54 heavy (non-hydrogen) atoms. The first kappa shape index (κ1) is 32.7. The van der Waals surface area contributed by atoms with Gasteiger partial charge in [0.15, 0.2) is 17.5 Å². The normalized spacial score (nSPS) is 11.0. The molecule has 0 bridgehead atoms. The Morgan fingerprint density at radius 2 is 0.389 bits per heavy atom. The SMILES string of the molecule is c1ccc(-c2ccc(-c3cccc(-c4nc(-c5ccc(-c6cccc(-c7ccccc7)c6)cc5)nc(-c5cccc(-c6ccccc6)c5)n4)c3)cc2)cc1. The highest BCUT2D eigenvalue weighted by Gasteiger charge is 2.14. The van der Waals surface area contributed by atoms with Crippen LogP contribution in [0.3, 0.4) is 0 Å². The lowest BCUT2D eigenvalue weighted by molar-refractivity contribution is 1.07. The molecule has 8 aromatic carbocycles. The minimum absolute atomic E-state index is 0.627. The Bertz CT molecular complexity index is 2670. The number of aromatic nitrogens is 3. The molecule has 0 amide bonds. The number of hydrogen-bond acceptors (Lipinski definition) is 3. The molecular formula is C51H35N3. The van der Waals surface area contributed by atoms with Crippen LogP contribution >= 0.6 is 0 Å². The third-order valence-electron chi connectivity index (χ3n) is 9.76. The zero-order chi connectivity index (χ0) is 36.1. The molecule has 0 unspecified atom stereocenters. The second-order valence-corrected chi connectivity index (χ2v) is 13.3. The molecule has 0 spiro atoms. The standard InChI is InChI=1S/C51H35N3/c1-4-13-36(14-5-1)39-25-27-40(28-26-39)46-22-12-24-48(35-46)51-53-49(52-50(54-51)47-23-11-21-45(34-47)38-17-8-3-9-18-38)42-31-29-41(30-32-42)44-20-10-19-43(33-44)37-15-6-2-7-16-37/h1-35H. The van der Waals surface area contributed by atoms with Crippen molar-refractivity contribution >= 4 is 0 Å². The van der Waals surface area contributed by atoms with E-state index in [1.165, 1.54) is 22.3 Å². The molecule has 9 aromatic rings. The fourth-order valence-corrected chi connectivity index (χ4v) is 6.88. The fourth-order valence-electron chi connectivity index (χ4n) is 6.88. The lowest BCUT2D eigenvalue weighted by atomic mass is 9.98. The van der Waals surface area contributed by atoms with Crippen LogP contribution in [0.15, 0.2) is 212 Å². The van der Waals surface area contributed by atoms with Crippen molar-refractivity contribution in [2.45, 2.75) is 0 Å². The van der Waals surface area contributed by atoms with Crippen LogP contribution in [0.25, 0.3) is 89.8 Å². The molecule has 1 heterocycles. The summed E-state index contributed by atoms with van der Waals surface area (Å²) in [6.07, 6.45) is 0. The molecule has 0 fully saturated rings. The van der Waals surface area contributed by atoms with Crippen molar-refractivity contribution in [2.75, 3.05) is 0 Å². The monoisotopic (exact) mass is 689 g/mol. The highest BCUT2D eigenvalue weighted by atomic mass is 15.0. The van der Waals surface area contributed by atoms with Crippen LogP contribution < -0.4 is 0 Å². The molecule has 0 aliphatic carbocycles. The third kappa shape index (κ3) is 6.99. The smallest absolute Gasteiger partial charge is 0.164 e. The summed E-state index contributed by atoms with van der Waals surface area (Å²) in [6.45, 7) is 0. The van der Waals surface area contributed by atoms with E-state index in [4.69, 9.17) is 15.0 Å². The maximum absolute atomic E-state index is 5.10. The molecule has 1 aromatic heterocycles. The Labute approximate surface area is 316 Å². The van der Waals surface area contributed by atoms with E-state index in [1.807, 2.05) is 18.2 Å². The van der Waals surface area contributed by atoms with Gasteiger partial charge in [-0.15, -0.1) is 0 Å². The Morgan fingerprint density at radius 1 is 0.167 bits per heavy atom. The van der Waals surface area contributed by atoms with Gasteiger partial charge in [0.1, 0.15) is 0 Å². The minimum atomic E-state index is 0.627. The highest BCUT2D eigenvalue weighted by molar-refractivity contribution is 5.78. The van der Waals surface area contributed by atoms with Crippen LogP contribution in [0.4, 0.5) is 0 Å². The Kier molecular flexibility index (Phi) is 8.94. The van der Waals surface area contributed by atoms with Gasteiger partial charge in [-0.3, -0.25) is 0 Å². The van der Waals surface area contributed by atoms with Crippen LogP contribution in [0.2, 0.25) is 0 Å². The summed E-state index contributed by atoms with van der Waals surface area (Å²) in [4.78, 5) is 15.3. The first-order chi connectivity index (χ1) is 26.7. The summed E-state index contributed by atoms with van der Waals surface area (Å²) in [6, 6.07) is 74.1. The van der Waals surface area contributed by atoms with Crippen LogP contribution in [0, 0.1) is 0 Å². The predicted octanol–water partition coefficient (Wildman–Crippen LogP) is 13.2. The van der Waals surface area contributed by atoms with Gasteiger partial charge in [0.05, 0.1) is 0 Å². The molecule has 0 saturated heterocycles. The molecule has 0 aliphatic heterocycles. The fraction of sp³-hybridized carbons (Fsp3) is 0. The first-order valence-corrected chi connectivity index (χ1v) is 18.2. The number of nitrogens with zero attached hydrogens (tertiary/aromatic N) is 3. The Morgan fingerprint density at radius 3 is 0.759 bits per heavy atom. The van der Waals surface area contributed by atoms with Crippen molar-refractivity contribution in [1.29, 1.82) is 0 Å². The lowest BCUT2D eigenvalue weighted by Gasteiger charge is -2.11. The molecule has 3 heteroatoms. The van der Waals surface area contributed by atoms with E-state index >= 15 is 0 Å². The summed E-state index contributed by atoms with van der Waals surface area (Å²) in [5, 5.41) is 0. The average molecular weight is 690 g/mol. The summed E-state index contributed by atoms with van der Waals surface area (Å²) >= 11 is 0. The van der Waals surface area contributed by atoms with Gasteiger partial charge in [0, 0.05) is 16.7 Å². The van der Waals surface area contributed by atoms with Gasteiger partial charge >= 0.3 is 0 Å². The molecule has 0 aliphatic rings. The highest BCUT2D eigenvalue weighted by Crippen LogP contribution is 2.32. The number of rotatable bonds is 8. The summed E-state index contributed by atoms with van der Waals surface area (Å²) in [5.74, 6) is 1.88. The van der Waals surface area contributed by atoms with Crippen LogP contribution in [0.5, 0.6) is 0 Å². The van der Waals surface area contributed by atoms with Crippen molar-refractivity contribution in [3.63, 3.8) is 0 Å². The zero-order valence-corrected chi connectivity index (χ0v) is 29.5. The van der Waals surface area contributed by atoms with E-state index in [9.17, 15) is 0 Å². The maximum atomic E-state index is 5.10. The van der Waals surface area contributed by atoms with E-state index in [1.54, 1.807) is 0 Å². The second kappa shape index (κ2) is 14.8. The summed E-state index contributed by atoms with van der Waals surface area (Å²) in [7, 11) is 0. The molecule has 0 atom stereocenters. The van der Waals surface area contributed by atoms with Gasteiger partial charge in [0.2, 0.25) is 0 Å². The van der Waals surface area contributed by atoms with Crippen molar-refractivity contribution in [1.82, 2.24) is 15.0 Å². The molecule has 3 nitrogen and oxygen atoms in total. The van der Waals surface area contributed by atoms with Crippen molar-refractivity contribution < 1.29 is 0 Å². The van der Waals surface area contributed by atoms with Crippen molar-refractivity contribution in [3.8, 4) is 89.8 Å². The molecular weight excluding hydrogens is 655 g/mol. The first-order valence-electron chi connectivity index (χ1n) is 18.2. The number of hydrogen-bond donors (Lipinski definition) is 0. The maximum Gasteiger partial charge on any atom is 0.164 e. The van der Waals surface area contributed by atoms with E-state index in [2.05, 4.69) is 194 Å². The molecule has 254 valence electrons. The molecule has 0 saturated carbocycles. The third-order valence-corrected chi connectivity index (χ3v) is 9.76. The Hall–Kier alpha value is -7.23. The van der Waals surface area contributed by atoms with E-state index in [0.29, 0.717) is 17.5 Å². The zero-order valence-electron chi connectivity index (χ0n) is 29.5. The lowest BCUT2D eigenvalue weighted by Crippen LogP contribution is -2.00. The van der Waals surface area contributed by atoms with Crippen molar-refractivity contribution in [2.24, 2.45) is 0 Å². The predicted molar refractivity (Wildman–Crippen MR) is 223 cm³/mol. The second-order valence-electron chi connectivity index (χ2n) is 13.3. The molecule has 0 radical (unpaired) electrons. The largest absolute Gasteiger partial charge is 0.208 e. The summed E-state index contributed by atoms with van der Waals surface area (Å²) < 4.78 is 0. The van der Waals surface area contributed by atoms with Gasteiger partial charge in [-0.2, -0.15) is 0 Å². The van der Waals surface area contributed by atoms with Crippen LogP contribution in [-0.2, 0) is 0 Å². The quantitative estimate of drug-likeness (QED) is 0.159. The average Bonchev–Trinajstić information content (AvgIpc) is 3.27. The van der Waals surface area contributed by atoms with E-state index in [0.717, 1.165) is 50.1 Å². The molecule has 9 rings (SSSR count). The van der Waals surface area contributed by atoms with Gasteiger partial charge in [-0.1, -0.05) is 194 Å². The Balaban J connectivity index is 1.10. The minimum Gasteiger partial charge on any atom is -0.208 e. The van der Waals surface area contributed by atoms with Crippen LogP contribution in [-0.4, -0.2) is 15.0 Å². The topological polar surface area (TPSA) is 38.7 Å². The van der Waals surface area contributed by atoms with Crippen molar-refractivity contribution in [3.05, 3.63) is 212 Å². The van der Waals surface area contributed by atoms with Crippen LogP contribution in [0.1, 0.15) is 0 Å². The van der Waals surface area contributed by atoms with E-state index in [-0.39, 0.29) is 0 Å². The summed E-state index contributed by atoms with van der Waals surface area (Å²) in [5.41, 5.74) is 14.4. The van der Waals surface area contributed by atoms with Gasteiger partial charge in [0.25, 0.3) is 0 Å². The van der Waals surface area contributed by atoms with E-state index < -0.39 is 0 Å².